The lowest BCUT2D eigenvalue weighted by Crippen LogP contribution is -2.44. The molecule has 1 aliphatic heterocycles. The highest BCUT2D eigenvalue weighted by Crippen LogP contribution is 2.25. The van der Waals surface area contributed by atoms with E-state index in [9.17, 15) is 8.42 Å². The highest BCUT2D eigenvalue weighted by atomic mass is 32.2. The predicted molar refractivity (Wildman–Crippen MR) is 92.2 cm³/mol. The fourth-order valence-electron chi connectivity index (χ4n) is 2.75. The summed E-state index contributed by atoms with van der Waals surface area (Å²) in [6.07, 6.45) is 1.26. The minimum Gasteiger partial charge on any atom is -0.497 e. The van der Waals surface area contributed by atoms with Gasteiger partial charge >= 0.3 is 0 Å². The Hall–Kier alpha value is -2.19. The van der Waals surface area contributed by atoms with Gasteiger partial charge in [0.15, 0.2) is 0 Å². The lowest BCUT2D eigenvalue weighted by Gasteiger charge is -2.31. The molecule has 8 heteroatoms. The van der Waals surface area contributed by atoms with Crippen LogP contribution in [0.3, 0.4) is 0 Å². The van der Waals surface area contributed by atoms with Gasteiger partial charge in [-0.05, 0) is 38.0 Å². The summed E-state index contributed by atoms with van der Waals surface area (Å²) >= 11 is 0. The Morgan fingerprint density at radius 3 is 2.76 bits per heavy atom. The van der Waals surface area contributed by atoms with Gasteiger partial charge in [-0.2, -0.15) is 9.40 Å². The largest absolute Gasteiger partial charge is 0.497 e. The maximum atomic E-state index is 12.9. The van der Waals surface area contributed by atoms with Crippen LogP contribution < -0.4 is 9.47 Å². The van der Waals surface area contributed by atoms with E-state index in [0.29, 0.717) is 18.2 Å². The molecular weight excluding hydrogens is 342 g/mol. The third-order valence-corrected chi connectivity index (χ3v) is 5.94. The zero-order valence-electron chi connectivity index (χ0n) is 14.3. The molecule has 0 saturated carbocycles. The van der Waals surface area contributed by atoms with Crippen LogP contribution in [0.5, 0.6) is 11.6 Å². The summed E-state index contributed by atoms with van der Waals surface area (Å²) in [4.78, 5) is 0.225. The average molecular weight is 363 g/mol. The number of sulfonamides is 1. The number of aromatic nitrogens is 2. The van der Waals surface area contributed by atoms with Gasteiger partial charge in [0.25, 0.3) is 0 Å². The molecule has 2 heterocycles. The standard InChI is InChI=1S/C17H21N3O4S/c1-13-8-9-17(19-18-13)24-15-6-4-10-20(12-15)25(21,22)16-7-3-5-14(11-16)23-2/h3,5,7-9,11,15H,4,6,10,12H2,1-2H3. The zero-order valence-corrected chi connectivity index (χ0v) is 15.1. The third kappa shape index (κ3) is 4.08. The molecule has 1 atom stereocenters. The van der Waals surface area contributed by atoms with Crippen LogP contribution in [-0.4, -0.2) is 49.2 Å². The van der Waals surface area contributed by atoms with Gasteiger partial charge in [-0.25, -0.2) is 8.42 Å². The van der Waals surface area contributed by atoms with Gasteiger partial charge in [0.2, 0.25) is 15.9 Å². The Morgan fingerprint density at radius 1 is 1.20 bits per heavy atom. The summed E-state index contributed by atoms with van der Waals surface area (Å²) in [6, 6.07) is 10.1. The summed E-state index contributed by atoms with van der Waals surface area (Å²) in [7, 11) is -2.08. The van der Waals surface area contributed by atoms with Crippen LogP contribution in [-0.2, 0) is 10.0 Å². The van der Waals surface area contributed by atoms with Gasteiger partial charge in [-0.1, -0.05) is 6.07 Å². The van der Waals surface area contributed by atoms with Crippen LogP contribution in [0.1, 0.15) is 18.5 Å². The minimum atomic E-state index is -3.59. The number of benzene rings is 1. The van der Waals surface area contributed by atoms with Crippen LogP contribution in [0.15, 0.2) is 41.3 Å². The van der Waals surface area contributed by atoms with Crippen molar-refractivity contribution in [2.24, 2.45) is 0 Å². The Balaban J connectivity index is 1.74. The minimum absolute atomic E-state index is 0.225. The zero-order chi connectivity index (χ0) is 17.9. The number of hydrogen-bond acceptors (Lipinski definition) is 6. The second kappa shape index (κ2) is 7.37. The highest BCUT2D eigenvalue weighted by Gasteiger charge is 2.31. The molecule has 1 aromatic heterocycles. The first kappa shape index (κ1) is 17.6. The second-order valence-corrected chi connectivity index (χ2v) is 7.88. The Morgan fingerprint density at radius 2 is 2.04 bits per heavy atom. The second-order valence-electron chi connectivity index (χ2n) is 5.94. The van der Waals surface area contributed by atoms with Crippen molar-refractivity contribution < 1.29 is 17.9 Å². The van der Waals surface area contributed by atoms with Crippen molar-refractivity contribution in [3.05, 3.63) is 42.1 Å². The van der Waals surface area contributed by atoms with Crippen molar-refractivity contribution in [3.63, 3.8) is 0 Å². The summed E-state index contributed by atoms with van der Waals surface area (Å²) in [6.45, 7) is 2.61. The van der Waals surface area contributed by atoms with Gasteiger partial charge in [0.1, 0.15) is 11.9 Å². The lowest BCUT2D eigenvalue weighted by atomic mass is 10.1. The van der Waals surface area contributed by atoms with Crippen molar-refractivity contribution in [2.75, 3.05) is 20.2 Å². The summed E-state index contributed by atoms with van der Waals surface area (Å²) in [5, 5.41) is 7.94. The predicted octanol–water partition coefficient (Wildman–Crippen LogP) is 2.03. The van der Waals surface area contributed by atoms with Crippen molar-refractivity contribution >= 4 is 10.0 Å². The smallest absolute Gasteiger partial charge is 0.243 e. The van der Waals surface area contributed by atoms with Crippen molar-refractivity contribution in [1.29, 1.82) is 0 Å². The quantitative estimate of drug-likeness (QED) is 0.808. The SMILES string of the molecule is COc1cccc(S(=O)(=O)N2CCCC(Oc3ccc(C)nn3)C2)c1. The van der Waals surface area contributed by atoms with Gasteiger partial charge in [-0.3, -0.25) is 0 Å². The van der Waals surface area contributed by atoms with E-state index in [1.807, 2.05) is 13.0 Å². The van der Waals surface area contributed by atoms with E-state index >= 15 is 0 Å². The molecule has 0 aliphatic carbocycles. The van der Waals surface area contributed by atoms with E-state index in [1.54, 1.807) is 24.3 Å². The molecule has 0 N–H and O–H groups in total. The van der Waals surface area contributed by atoms with Gasteiger partial charge < -0.3 is 9.47 Å². The lowest BCUT2D eigenvalue weighted by molar-refractivity contribution is 0.123. The van der Waals surface area contributed by atoms with Crippen molar-refractivity contribution in [3.8, 4) is 11.6 Å². The summed E-state index contributed by atoms with van der Waals surface area (Å²) in [5.74, 6) is 0.928. The van der Waals surface area contributed by atoms with E-state index < -0.39 is 10.0 Å². The first-order chi connectivity index (χ1) is 12.0. The maximum Gasteiger partial charge on any atom is 0.243 e. The van der Waals surface area contributed by atoms with Crippen LogP contribution >= 0.6 is 0 Å². The summed E-state index contributed by atoms with van der Waals surface area (Å²) in [5.41, 5.74) is 0.804. The molecule has 1 saturated heterocycles. The number of nitrogens with zero attached hydrogens (tertiary/aromatic N) is 3. The topological polar surface area (TPSA) is 81.6 Å². The first-order valence-corrected chi connectivity index (χ1v) is 9.54. The van der Waals surface area contributed by atoms with Crippen LogP contribution in [0.4, 0.5) is 0 Å². The Bertz CT molecular complexity index is 824. The van der Waals surface area contributed by atoms with E-state index in [1.165, 1.54) is 17.5 Å². The summed E-state index contributed by atoms with van der Waals surface area (Å²) < 4.78 is 38.2. The normalized spacial score (nSPS) is 18.7. The molecule has 0 spiro atoms. The molecule has 1 aromatic carbocycles. The van der Waals surface area contributed by atoms with E-state index in [4.69, 9.17) is 9.47 Å². The van der Waals surface area contributed by atoms with Gasteiger partial charge in [-0.15, -0.1) is 5.10 Å². The molecule has 0 amide bonds. The Kier molecular flexibility index (Phi) is 5.19. The molecule has 1 aliphatic rings. The number of ether oxygens (including phenoxy) is 2. The van der Waals surface area contributed by atoms with Crippen LogP contribution in [0, 0.1) is 6.92 Å². The number of hydrogen-bond donors (Lipinski definition) is 0. The highest BCUT2D eigenvalue weighted by molar-refractivity contribution is 7.89. The van der Waals surface area contributed by atoms with E-state index in [0.717, 1.165) is 18.5 Å². The number of piperidine rings is 1. The van der Waals surface area contributed by atoms with E-state index in [-0.39, 0.29) is 17.5 Å². The van der Waals surface area contributed by atoms with Crippen LogP contribution in [0.2, 0.25) is 0 Å². The molecule has 25 heavy (non-hydrogen) atoms. The molecular formula is C17H21N3O4S. The molecule has 1 fully saturated rings. The molecule has 134 valence electrons. The maximum absolute atomic E-state index is 12.9. The first-order valence-electron chi connectivity index (χ1n) is 8.10. The van der Waals surface area contributed by atoms with Gasteiger partial charge in [0, 0.05) is 18.7 Å². The monoisotopic (exact) mass is 363 g/mol. The number of methoxy groups -OCH3 is 1. The van der Waals surface area contributed by atoms with Gasteiger partial charge in [0.05, 0.1) is 24.2 Å². The fraction of sp³-hybridized carbons (Fsp3) is 0.412. The average Bonchev–Trinajstić information content (AvgIpc) is 2.64. The van der Waals surface area contributed by atoms with Crippen LogP contribution in [0.25, 0.3) is 0 Å². The number of aryl methyl sites for hydroxylation is 1. The molecule has 0 bridgehead atoms. The molecule has 7 nitrogen and oxygen atoms in total. The van der Waals surface area contributed by atoms with Crippen molar-refractivity contribution in [2.45, 2.75) is 30.8 Å². The molecule has 2 aromatic rings. The number of rotatable bonds is 5. The van der Waals surface area contributed by atoms with Crippen molar-refractivity contribution in [1.82, 2.24) is 14.5 Å². The fourth-order valence-corrected chi connectivity index (χ4v) is 4.30. The molecule has 3 rings (SSSR count). The molecule has 0 radical (unpaired) electrons. The third-order valence-electron chi connectivity index (χ3n) is 4.08. The molecule has 1 unspecified atom stereocenters. The Labute approximate surface area is 147 Å². The van der Waals surface area contributed by atoms with E-state index in [2.05, 4.69) is 10.2 Å².